The molecular formula is C18H24Cl2N2O. The Morgan fingerprint density at radius 3 is 2.57 bits per heavy atom. The summed E-state index contributed by atoms with van der Waals surface area (Å²) < 4.78 is 0. The number of carbonyl (C=O) groups is 1. The highest BCUT2D eigenvalue weighted by Crippen LogP contribution is 2.46. The lowest BCUT2D eigenvalue weighted by atomic mass is 9.89. The van der Waals surface area contributed by atoms with E-state index in [0.29, 0.717) is 24.4 Å². The SMILES string of the molecule is Cl.O=C(CC1CC2CCC(C1)N2)NC1(c2cccc(Cl)c2)CC1. The summed E-state index contributed by atoms with van der Waals surface area (Å²) in [5, 5.41) is 7.67. The van der Waals surface area contributed by atoms with Gasteiger partial charge >= 0.3 is 0 Å². The molecule has 3 fully saturated rings. The van der Waals surface area contributed by atoms with Crippen molar-refractivity contribution < 1.29 is 4.79 Å². The van der Waals surface area contributed by atoms with Crippen LogP contribution in [-0.2, 0) is 10.3 Å². The van der Waals surface area contributed by atoms with Gasteiger partial charge in [0, 0.05) is 23.5 Å². The van der Waals surface area contributed by atoms with E-state index in [2.05, 4.69) is 16.7 Å². The molecule has 2 aliphatic heterocycles. The Hall–Kier alpha value is -0.770. The fraction of sp³-hybridized carbons (Fsp3) is 0.611. The first kappa shape index (κ1) is 17.1. The molecule has 2 atom stereocenters. The summed E-state index contributed by atoms with van der Waals surface area (Å²) >= 11 is 6.09. The summed E-state index contributed by atoms with van der Waals surface area (Å²) in [6.45, 7) is 0. The maximum Gasteiger partial charge on any atom is 0.220 e. The molecular weight excluding hydrogens is 331 g/mol. The summed E-state index contributed by atoms with van der Waals surface area (Å²) in [6.07, 6.45) is 7.62. The molecule has 1 aromatic carbocycles. The number of benzene rings is 1. The van der Waals surface area contributed by atoms with Gasteiger partial charge in [-0.1, -0.05) is 23.7 Å². The van der Waals surface area contributed by atoms with Crippen LogP contribution >= 0.6 is 24.0 Å². The molecule has 126 valence electrons. The lowest BCUT2D eigenvalue weighted by Gasteiger charge is -2.29. The van der Waals surface area contributed by atoms with E-state index in [1.807, 2.05) is 18.2 Å². The normalized spacial score (nSPS) is 30.4. The third-order valence-electron chi connectivity index (χ3n) is 5.55. The van der Waals surface area contributed by atoms with E-state index >= 15 is 0 Å². The minimum atomic E-state index is -0.145. The number of piperidine rings is 1. The monoisotopic (exact) mass is 354 g/mol. The van der Waals surface area contributed by atoms with Crippen LogP contribution in [0.15, 0.2) is 24.3 Å². The highest BCUT2D eigenvalue weighted by molar-refractivity contribution is 6.30. The van der Waals surface area contributed by atoms with Crippen LogP contribution in [0.1, 0.15) is 50.5 Å². The predicted molar refractivity (Wildman–Crippen MR) is 95.0 cm³/mol. The molecule has 1 saturated carbocycles. The molecule has 2 saturated heterocycles. The minimum Gasteiger partial charge on any atom is -0.347 e. The Bertz CT molecular complexity index is 576. The first-order valence-corrected chi connectivity index (χ1v) is 8.84. The molecule has 2 bridgehead atoms. The number of carbonyl (C=O) groups excluding carboxylic acids is 1. The van der Waals surface area contributed by atoms with Gasteiger partial charge in [-0.3, -0.25) is 4.79 Å². The van der Waals surface area contributed by atoms with Gasteiger partial charge in [0.1, 0.15) is 0 Å². The van der Waals surface area contributed by atoms with E-state index in [1.165, 1.54) is 12.8 Å². The van der Waals surface area contributed by atoms with Gasteiger partial charge in [0.25, 0.3) is 0 Å². The first-order valence-electron chi connectivity index (χ1n) is 8.46. The van der Waals surface area contributed by atoms with E-state index in [0.717, 1.165) is 36.3 Å². The Labute approximate surface area is 149 Å². The average Bonchev–Trinajstić information content (AvgIpc) is 3.18. The van der Waals surface area contributed by atoms with Crippen LogP contribution in [0.25, 0.3) is 0 Å². The van der Waals surface area contributed by atoms with Gasteiger partial charge in [-0.25, -0.2) is 0 Å². The molecule has 0 spiro atoms. The van der Waals surface area contributed by atoms with E-state index in [1.54, 1.807) is 0 Å². The zero-order chi connectivity index (χ0) is 15.2. The molecule has 3 aliphatic rings. The van der Waals surface area contributed by atoms with Crippen molar-refractivity contribution in [1.29, 1.82) is 0 Å². The van der Waals surface area contributed by atoms with Crippen LogP contribution in [-0.4, -0.2) is 18.0 Å². The molecule has 3 nitrogen and oxygen atoms in total. The summed E-state index contributed by atoms with van der Waals surface area (Å²) in [5.41, 5.74) is 1.01. The second kappa shape index (κ2) is 6.62. The third kappa shape index (κ3) is 3.67. The smallest absolute Gasteiger partial charge is 0.220 e. The highest BCUT2D eigenvalue weighted by atomic mass is 35.5. The van der Waals surface area contributed by atoms with Crippen LogP contribution in [0, 0.1) is 5.92 Å². The maximum absolute atomic E-state index is 12.5. The Morgan fingerprint density at radius 1 is 1.26 bits per heavy atom. The first-order chi connectivity index (χ1) is 10.6. The summed E-state index contributed by atoms with van der Waals surface area (Å²) in [7, 11) is 0. The van der Waals surface area contributed by atoms with Crippen molar-refractivity contribution in [3.63, 3.8) is 0 Å². The van der Waals surface area contributed by atoms with Crippen molar-refractivity contribution in [1.82, 2.24) is 10.6 Å². The van der Waals surface area contributed by atoms with Crippen LogP contribution in [0.3, 0.4) is 0 Å². The quantitative estimate of drug-likeness (QED) is 0.863. The van der Waals surface area contributed by atoms with E-state index in [-0.39, 0.29) is 23.9 Å². The van der Waals surface area contributed by atoms with Gasteiger partial charge in [-0.05, 0) is 62.1 Å². The number of hydrogen-bond donors (Lipinski definition) is 2. The molecule has 0 aromatic heterocycles. The van der Waals surface area contributed by atoms with Gasteiger partial charge in [-0.15, -0.1) is 12.4 Å². The summed E-state index contributed by atoms with van der Waals surface area (Å²) in [6, 6.07) is 9.21. The number of hydrogen-bond acceptors (Lipinski definition) is 2. The van der Waals surface area contributed by atoms with Crippen molar-refractivity contribution in [2.24, 2.45) is 5.92 Å². The topological polar surface area (TPSA) is 41.1 Å². The molecule has 0 radical (unpaired) electrons. The number of amides is 1. The Morgan fingerprint density at radius 2 is 1.96 bits per heavy atom. The predicted octanol–water partition coefficient (Wildman–Crippen LogP) is 3.79. The molecule has 23 heavy (non-hydrogen) atoms. The van der Waals surface area contributed by atoms with Crippen molar-refractivity contribution in [2.75, 3.05) is 0 Å². The lowest BCUT2D eigenvalue weighted by molar-refractivity contribution is -0.123. The van der Waals surface area contributed by atoms with E-state index in [4.69, 9.17) is 11.6 Å². The molecule has 2 N–H and O–H groups in total. The number of nitrogens with one attached hydrogen (secondary N) is 2. The number of halogens is 2. The second-order valence-corrected chi connectivity index (χ2v) is 7.76. The lowest BCUT2D eigenvalue weighted by Crippen LogP contribution is -2.41. The Kier molecular flexibility index (Phi) is 4.91. The molecule has 4 rings (SSSR count). The minimum absolute atomic E-state index is 0. The zero-order valence-corrected chi connectivity index (χ0v) is 14.8. The van der Waals surface area contributed by atoms with Crippen LogP contribution < -0.4 is 10.6 Å². The maximum atomic E-state index is 12.5. The molecule has 5 heteroatoms. The highest BCUT2D eigenvalue weighted by Gasteiger charge is 2.46. The van der Waals surface area contributed by atoms with Gasteiger partial charge in [0.2, 0.25) is 5.91 Å². The van der Waals surface area contributed by atoms with Crippen molar-refractivity contribution in [3.05, 3.63) is 34.9 Å². The fourth-order valence-electron chi connectivity index (χ4n) is 4.32. The fourth-order valence-corrected chi connectivity index (χ4v) is 4.51. The van der Waals surface area contributed by atoms with Gasteiger partial charge in [-0.2, -0.15) is 0 Å². The largest absolute Gasteiger partial charge is 0.347 e. The second-order valence-electron chi connectivity index (χ2n) is 7.32. The van der Waals surface area contributed by atoms with Crippen LogP contribution in [0.2, 0.25) is 5.02 Å². The van der Waals surface area contributed by atoms with Gasteiger partial charge in [0.05, 0.1) is 5.54 Å². The van der Waals surface area contributed by atoms with E-state index < -0.39 is 0 Å². The van der Waals surface area contributed by atoms with Gasteiger partial charge in [0.15, 0.2) is 0 Å². The van der Waals surface area contributed by atoms with Crippen LogP contribution in [0.5, 0.6) is 0 Å². The summed E-state index contributed by atoms with van der Waals surface area (Å²) in [4.78, 5) is 12.5. The number of fused-ring (bicyclic) bond motifs is 2. The van der Waals surface area contributed by atoms with E-state index in [9.17, 15) is 4.79 Å². The number of rotatable bonds is 4. The zero-order valence-electron chi connectivity index (χ0n) is 13.2. The Balaban J connectivity index is 0.00000156. The van der Waals surface area contributed by atoms with Crippen molar-refractivity contribution in [3.8, 4) is 0 Å². The van der Waals surface area contributed by atoms with Crippen molar-refractivity contribution in [2.45, 2.75) is 62.6 Å². The molecule has 1 amide bonds. The standard InChI is InChI=1S/C18H23ClN2O.ClH/c19-14-3-1-2-13(11-14)18(6-7-18)21-17(22)10-12-8-15-4-5-16(9-12)20-15;/h1-3,11-12,15-16,20H,4-10H2,(H,21,22);1H. The molecule has 2 unspecified atom stereocenters. The van der Waals surface area contributed by atoms with Crippen LogP contribution in [0.4, 0.5) is 0 Å². The average molecular weight is 355 g/mol. The third-order valence-corrected chi connectivity index (χ3v) is 5.79. The molecule has 1 aliphatic carbocycles. The molecule has 2 heterocycles. The molecule has 1 aromatic rings. The van der Waals surface area contributed by atoms with Crippen molar-refractivity contribution >= 4 is 29.9 Å². The van der Waals surface area contributed by atoms with Gasteiger partial charge < -0.3 is 10.6 Å². The summed E-state index contributed by atoms with van der Waals surface area (Å²) in [5.74, 6) is 0.762.